The van der Waals surface area contributed by atoms with Crippen LogP contribution in [0.15, 0.2) is 36.8 Å². The van der Waals surface area contributed by atoms with Gasteiger partial charge in [-0.15, -0.1) is 0 Å². The van der Waals surface area contributed by atoms with E-state index in [1.165, 1.54) is 6.07 Å². The number of hydrogen-bond acceptors (Lipinski definition) is 4. The van der Waals surface area contributed by atoms with Gasteiger partial charge in [-0.05, 0) is 18.2 Å². The van der Waals surface area contributed by atoms with Crippen LogP contribution in [0, 0.1) is 5.82 Å². The van der Waals surface area contributed by atoms with Crippen LogP contribution in [0.3, 0.4) is 0 Å². The average Bonchev–Trinajstić information content (AvgIpc) is 2.53. The van der Waals surface area contributed by atoms with Gasteiger partial charge in [0.2, 0.25) is 0 Å². The van der Waals surface area contributed by atoms with Gasteiger partial charge in [0, 0.05) is 49.5 Å². The van der Waals surface area contributed by atoms with Crippen molar-refractivity contribution in [1.29, 1.82) is 0 Å². The summed E-state index contributed by atoms with van der Waals surface area (Å²) in [6, 6.07) is 6.73. The van der Waals surface area contributed by atoms with E-state index >= 15 is 0 Å². The molecule has 0 unspecified atom stereocenters. The Labute approximate surface area is 128 Å². The lowest BCUT2D eigenvalue weighted by Crippen LogP contribution is -2.46. The SMILES string of the molecule is Fc1cccc(Cl)c1CN1CCN(c2ccncn2)CC1. The van der Waals surface area contributed by atoms with Gasteiger partial charge in [-0.25, -0.2) is 14.4 Å². The predicted octanol–water partition coefficient (Wildman–Crippen LogP) is 2.59. The molecule has 0 bridgehead atoms. The first-order valence-electron chi connectivity index (χ1n) is 6.90. The molecular formula is C15H16ClFN4. The van der Waals surface area contributed by atoms with Gasteiger partial charge in [0.1, 0.15) is 18.0 Å². The summed E-state index contributed by atoms with van der Waals surface area (Å²) < 4.78 is 13.8. The minimum Gasteiger partial charge on any atom is -0.354 e. The zero-order chi connectivity index (χ0) is 14.7. The van der Waals surface area contributed by atoms with Gasteiger partial charge < -0.3 is 4.90 Å². The number of anilines is 1. The summed E-state index contributed by atoms with van der Waals surface area (Å²) in [6.45, 7) is 3.98. The first-order valence-corrected chi connectivity index (χ1v) is 7.28. The van der Waals surface area contributed by atoms with E-state index in [1.54, 1.807) is 24.7 Å². The molecule has 1 aliphatic heterocycles. The molecule has 0 spiro atoms. The lowest BCUT2D eigenvalue weighted by molar-refractivity contribution is 0.246. The fraction of sp³-hybridized carbons (Fsp3) is 0.333. The average molecular weight is 307 g/mol. The second-order valence-corrected chi connectivity index (χ2v) is 5.44. The fourth-order valence-corrected chi connectivity index (χ4v) is 2.74. The van der Waals surface area contributed by atoms with E-state index < -0.39 is 0 Å². The first kappa shape index (κ1) is 14.2. The number of benzene rings is 1. The van der Waals surface area contributed by atoms with Gasteiger partial charge >= 0.3 is 0 Å². The molecule has 1 aromatic heterocycles. The highest BCUT2D eigenvalue weighted by Crippen LogP contribution is 2.22. The van der Waals surface area contributed by atoms with Gasteiger partial charge in [0.25, 0.3) is 0 Å². The van der Waals surface area contributed by atoms with Crippen molar-refractivity contribution in [2.24, 2.45) is 0 Å². The van der Waals surface area contributed by atoms with Crippen molar-refractivity contribution in [2.45, 2.75) is 6.54 Å². The highest BCUT2D eigenvalue weighted by atomic mass is 35.5. The number of rotatable bonds is 3. The van der Waals surface area contributed by atoms with Crippen molar-refractivity contribution in [3.63, 3.8) is 0 Å². The van der Waals surface area contributed by atoms with Crippen LogP contribution in [0.5, 0.6) is 0 Å². The zero-order valence-corrected chi connectivity index (χ0v) is 12.3. The van der Waals surface area contributed by atoms with E-state index in [4.69, 9.17) is 11.6 Å². The maximum atomic E-state index is 13.8. The van der Waals surface area contributed by atoms with Crippen molar-refractivity contribution in [2.75, 3.05) is 31.1 Å². The topological polar surface area (TPSA) is 32.3 Å². The molecule has 4 nitrogen and oxygen atoms in total. The molecule has 6 heteroatoms. The molecule has 1 aliphatic rings. The minimum absolute atomic E-state index is 0.235. The summed E-state index contributed by atoms with van der Waals surface area (Å²) in [5, 5.41) is 0.494. The third kappa shape index (κ3) is 3.31. The maximum Gasteiger partial charge on any atom is 0.131 e. The molecule has 2 aromatic rings. The second kappa shape index (κ2) is 6.37. The molecular weight excluding hydrogens is 291 g/mol. The van der Waals surface area contributed by atoms with Crippen molar-refractivity contribution >= 4 is 17.4 Å². The smallest absolute Gasteiger partial charge is 0.131 e. The molecule has 21 heavy (non-hydrogen) atoms. The third-order valence-electron chi connectivity index (χ3n) is 3.71. The molecule has 0 atom stereocenters. The fourth-order valence-electron chi connectivity index (χ4n) is 2.51. The molecule has 0 amide bonds. The Morgan fingerprint density at radius 3 is 2.62 bits per heavy atom. The van der Waals surface area contributed by atoms with Crippen molar-refractivity contribution in [1.82, 2.24) is 14.9 Å². The van der Waals surface area contributed by atoms with E-state index in [0.29, 0.717) is 17.1 Å². The molecule has 110 valence electrons. The Morgan fingerprint density at radius 1 is 1.14 bits per heavy atom. The minimum atomic E-state index is -0.235. The van der Waals surface area contributed by atoms with Crippen LogP contribution in [0.4, 0.5) is 10.2 Å². The molecule has 0 saturated carbocycles. The monoisotopic (exact) mass is 306 g/mol. The summed E-state index contributed by atoms with van der Waals surface area (Å²) in [5.74, 6) is 0.703. The predicted molar refractivity (Wildman–Crippen MR) is 80.9 cm³/mol. The summed E-state index contributed by atoms with van der Waals surface area (Å²) in [6.07, 6.45) is 3.30. The van der Waals surface area contributed by atoms with Crippen LogP contribution in [-0.2, 0) is 6.54 Å². The van der Waals surface area contributed by atoms with E-state index in [2.05, 4.69) is 19.8 Å². The number of aromatic nitrogens is 2. The molecule has 2 heterocycles. The number of nitrogens with zero attached hydrogens (tertiary/aromatic N) is 4. The third-order valence-corrected chi connectivity index (χ3v) is 4.06. The van der Waals surface area contributed by atoms with E-state index in [-0.39, 0.29) is 5.82 Å². The number of hydrogen-bond donors (Lipinski definition) is 0. The number of piperazine rings is 1. The van der Waals surface area contributed by atoms with E-state index in [1.807, 2.05) is 6.07 Å². The standard InChI is InChI=1S/C15H16ClFN4/c16-13-2-1-3-14(17)12(13)10-20-6-8-21(9-7-20)15-4-5-18-11-19-15/h1-5,11H,6-10H2. The normalized spacial score (nSPS) is 16.2. The van der Waals surface area contributed by atoms with Crippen LogP contribution in [0.2, 0.25) is 5.02 Å². The summed E-state index contributed by atoms with van der Waals surface area (Å²) in [7, 11) is 0. The summed E-state index contributed by atoms with van der Waals surface area (Å²) >= 11 is 6.08. The molecule has 1 fully saturated rings. The largest absolute Gasteiger partial charge is 0.354 e. The van der Waals surface area contributed by atoms with Crippen LogP contribution in [-0.4, -0.2) is 41.0 Å². The van der Waals surface area contributed by atoms with Crippen LogP contribution >= 0.6 is 11.6 Å². The lowest BCUT2D eigenvalue weighted by Gasteiger charge is -2.35. The Morgan fingerprint density at radius 2 is 1.95 bits per heavy atom. The molecule has 0 aliphatic carbocycles. The molecule has 1 saturated heterocycles. The molecule has 3 rings (SSSR count). The van der Waals surface area contributed by atoms with Crippen molar-refractivity contribution in [3.05, 3.63) is 53.2 Å². The van der Waals surface area contributed by atoms with Gasteiger partial charge in [-0.3, -0.25) is 4.90 Å². The zero-order valence-electron chi connectivity index (χ0n) is 11.5. The lowest BCUT2D eigenvalue weighted by atomic mass is 10.2. The second-order valence-electron chi connectivity index (χ2n) is 5.03. The molecule has 1 aromatic carbocycles. The Bertz CT molecular complexity index is 580. The summed E-state index contributed by atoms with van der Waals surface area (Å²) in [4.78, 5) is 12.6. The highest BCUT2D eigenvalue weighted by molar-refractivity contribution is 6.31. The van der Waals surface area contributed by atoms with E-state index in [0.717, 1.165) is 32.0 Å². The van der Waals surface area contributed by atoms with Crippen molar-refractivity contribution < 1.29 is 4.39 Å². The van der Waals surface area contributed by atoms with Gasteiger partial charge in [-0.2, -0.15) is 0 Å². The Hall–Kier alpha value is -1.72. The first-order chi connectivity index (χ1) is 10.2. The highest BCUT2D eigenvalue weighted by Gasteiger charge is 2.19. The van der Waals surface area contributed by atoms with Gasteiger partial charge in [-0.1, -0.05) is 17.7 Å². The quantitative estimate of drug-likeness (QED) is 0.872. The van der Waals surface area contributed by atoms with E-state index in [9.17, 15) is 4.39 Å². The van der Waals surface area contributed by atoms with Crippen LogP contribution < -0.4 is 4.90 Å². The Kier molecular flexibility index (Phi) is 4.31. The summed E-state index contributed by atoms with van der Waals surface area (Å²) in [5.41, 5.74) is 0.578. The van der Waals surface area contributed by atoms with Crippen LogP contribution in [0.25, 0.3) is 0 Å². The van der Waals surface area contributed by atoms with Gasteiger partial charge in [0.15, 0.2) is 0 Å². The molecule has 0 radical (unpaired) electrons. The van der Waals surface area contributed by atoms with Gasteiger partial charge in [0.05, 0.1) is 0 Å². The maximum absolute atomic E-state index is 13.8. The Balaban J connectivity index is 1.62. The molecule has 0 N–H and O–H groups in total. The van der Waals surface area contributed by atoms with Crippen LogP contribution in [0.1, 0.15) is 5.56 Å². The number of halogens is 2. The van der Waals surface area contributed by atoms with Crippen molar-refractivity contribution in [3.8, 4) is 0 Å².